The molecule has 0 saturated carbocycles. The summed E-state index contributed by atoms with van der Waals surface area (Å²) in [6, 6.07) is 3.20. The van der Waals surface area contributed by atoms with Crippen LogP contribution in [-0.4, -0.2) is 25.5 Å². The van der Waals surface area contributed by atoms with Gasteiger partial charge in [0.15, 0.2) is 6.29 Å². The molecule has 0 aromatic heterocycles. The van der Waals surface area contributed by atoms with Crippen LogP contribution in [0.4, 0.5) is 0 Å². The molecule has 0 heterocycles. The monoisotopic (exact) mass is 394 g/mol. The van der Waals surface area contributed by atoms with Crippen molar-refractivity contribution in [3.05, 3.63) is 38.4 Å². The lowest BCUT2D eigenvalue weighted by Crippen LogP contribution is -2.13. The summed E-state index contributed by atoms with van der Waals surface area (Å²) in [5.41, 5.74) is 0.692. The van der Waals surface area contributed by atoms with Gasteiger partial charge in [0.25, 0.3) is 0 Å². The molecule has 1 aromatic carbocycles. The van der Waals surface area contributed by atoms with Gasteiger partial charge in [-0.1, -0.05) is 18.2 Å². The quantitative estimate of drug-likeness (QED) is 0.244. The Balaban J connectivity index is 2.61. The van der Waals surface area contributed by atoms with Gasteiger partial charge in [-0.25, -0.2) is 4.79 Å². The number of carbonyl (C=O) groups is 2. The van der Waals surface area contributed by atoms with Gasteiger partial charge in [0.1, 0.15) is 19.0 Å². The van der Waals surface area contributed by atoms with E-state index in [4.69, 9.17) is 21.1 Å². The summed E-state index contributed by atoms with van der Waals surface area (Å²) in [5, 5.41) is 0.465. The predicted octanol–water partition coefficient (Wildman–Crippen LogP) is 3.26. The Hall–Kier alpha value is -1.08. The molecule has 4 nitrogen and oxygen atoms in total. The number of halogens is 2. The third-order valence-electron chi connectivity index (χ3n) is 2.08. The van der Waals surface area contributed by atoms with Crippen LogP contribution in [0.25, 0.3) is 0 Å². The molecule has 6 heteroatoms. The van der Waals surface area contributed by atoms with Crippen molar-refractivity contribution in [2.24, 2.45) is 0 Å². The van der Waals surface area contributed by atoms with Crippen molar-refractivity contribution in [2.45, 2.75) is 6.92 Å². The number of esters is 1. The molecular weight excluding hydrogens is 382 g/mol. The summed E-state index contributed by atoms with van der Waals surface area (Å²) in [6.45, 7) is 5.27. The Bertz CT molecular complexity index is 514. The van der Waals surface area contributed by atoms with E-state index in [1.54, 1.807) is 13.0 Å². The highest BCUT2D eigenvalue weighted by Crippen LogP contribution is 2.28. The summed E-state index contributed by atoms with van der Waals surface area (Å²) in [4.78, 5) is 22.1. The Morgan fingerprint density at radius 3 is 2.74 bits per heavy atom. The van der Waals surface area contributed by atoms with E-state index in [9.17, 15) is 9.59 Å². The normalized spacial score (nSPS) is 9.84. The third kappa shape index (κ3) is 4.83. The first-order chi connectivity index (χ1) is 8.95. The Labute approximate surface area is 129 Å². The van der Waals surface area contributed by atoms with E-state index in [-0.39, 0.29) is 13.2 Å². The summed E-state index contributed by atoms with van der Waals surface area (Å²) in [6.07, 6.45) is 0.670. The van der Waals surface area contributed by atoms with Gasteiger partial charge in [-0.15, -0.1) is 0 Å². The summed E-state index contributed by atoms with van der Waals surface area (Å²) >= 11 is 7.86. The molecule has 0 unspecified atom stereocenters. The van der Waals surface area contributed by atoms with E-state index < -0.39 is 5.97 Å². The van der Waals surface area contributed by atoms with E-state index in [1.165, 1.54) is 6.07 Å². The van der Waals surface area contributed by atoms with Crippen LogP contribution >= 0.6 is 34.2 Å². The molecule has 0 aliphatic rings. The maximum atomic E-state index is 11.1. The molecule has 0 radical (unpaired) electrons. The van der Waals surface area contributed by atoms with E-state index in [0.29, 0.717) is 28.2 Å². The van der Waals surface area contributed by atoms with Crippen LogP contribution in [0.1, 0.15) is 17.3 Å². The van der Waals surface area contributed by atoms with Crippen molar-refractivity contribution in [3.63, 3.8) is 0 Å². The van der Waals surface area contributed by atoms with Gasteiger partial charge in [-0.2, -0.15) is 0 Å². The van der Waals surface area contributed by atoms with Gasteiger partial charge >= 0.3 is 5.97 Å². The van der Waals surface area contributed by atoms with Crippen LogP contribution in [0.2, 0.25) is 5.02 Å². The van der Waals surface area contributed by atoms with E-state index in [2.05, 4.69) is 6.58 Å². The lowest BCUT2D eigenvalue weighted by molar-refractivity contribution is -0.139. The number of carbonyl (C=O) groups excluding carboxylic acids is 2. The molecule has 0 spiro atoms. The molecule has 0 atom stereocenters. The second-order valence-corrected chi connectivity index (χ2v) is 5.29. The largest absolute Gasteiger partial charge is 0.488 e. The smallest absolute Gasteiger partial charge is 0.333 e. The predicted molar refractivity (Wildman–Crippen MR) is 80.8 cm³/mol. The first-order valence-electron chi connectivity index (χ1n) is 5.35. The molecule has 0 aliphatic carbocycles. The summed E-state index contributed by atoms with van der Waals surface area (Å²) < 4.78 is 11.0. The van der Waals surface area contributed by atoms with Crippen molar-refractivity contribution in [3.8, 4) is 5.75 Å². The highest BCUT2D eigenvalue weighted by Gasteiger charge is 2.10. The average molecular weight is 395 g/mol. The van der Waals surface area contributed by atoms with Crippen LogP contribution in [0.3, 0.4) is 0 Å². The van der Waals surface area contributed by atoms with Gasteiger partial charge in [0, 0.05) is 10.6 Å². The molecular formula is C13H12ClIO4. The van der Waals surface area contributed by atoms with Crippen molar-refractivity contribution < 1.29 is 19.1 Å². The maximum Gasteiger partial charge on any atom is 0.333 e. The van der Waals surface area contributed by atoms with Gasteiger partial charge in [-0.3, -0.25) is 4.79 Å². The van der Waals surface area contributed by atoms with Gasteiger partial charge in [0.2, 0.25) is 0 Å². The summed E-state index contributed by atoms with van der Waals surface area (Å²) in [5.74, 6) is -0.0311. The summed E-state index contributed by atoms with van der Waals surface area (Å²) in [7, 11) is 0. The van der Waals surface area contributed by atoms with Crippen molar-refractivity contribution in [1.82, 2.24) is 0 Å². The molecule has 0 saturated heterocycles. The van der Waals surface area contributed by atoms with Crippen molar-refractivity contribution in [1.29, 1.82) is 0 Å². The minimum Gasteiger partial charge on any atom is -0.488 e. The minimum absolute atomic E-state index is 0.0860. The zero-order valence-corrected chi connectivity index (χ0v) is 13.2. The number of rotatable bonds is 6. The average Bonchev–Trinajstić information content (AvgIpc) is 2.35. The van der Waals surface area contributed by atoms with Crippen LogP contribution < -0.4 is 4.74 Å². The lowest BCUT2D eigenvalue weighted by atomic mass is 10.2. The molecule has 0 bridgehead atoms. The Kier molecular flexibility index (Phi) is 6.30. The zero-order chi connectivity index (χ0) is 14.4. The molecule has 19 heavy (non-hydrogen) atoms. The molecule has 102 valence electrons. The highest BCUT2D eigenvalue weighted by molar-refractivity contribution is 14.1. The molecule has 0 amide bonds. The maximum absolute atomic E-state index is 11.1. The van der Waals surface area contributed by atoms with Crippen molar-refractivity contribution >= 4 is 46.4 Å². The van der Waals surface area contributed by atoms with Crippen molar-refractivity contribution in [2.75, 3.05) is 13.2 Å². The SMILES string of the molecule is C=C(C)C(=O)OCCOc1c(I)cc(Cl)cc1C=O. The standard InChI is InChI=1S/C13H12ClIO4/c1-8(2)13(17)19-4-3-18-12-9(7-16)5-10(14)6-11(12)15/h5-7H,1,3-4H2,2H3. The van der Waals surface area contributed by atoms with E-state index in [0.717, 1.165) is 3.57 Å². The number of hydrogen-bond donors (Lipinski definition) is 0. The lowest BCUT2D eigenvalue weighted by Gasteiger charge is -2.11. The fraction of sp³-hybridized carbons (Fsp3) is 0.231. The van der Waals surface area contributed by atoms with E-state index in [1.807, 2.05) is 22.6 Å². The second-order valence-electron chi connectivity index (χ2n) is 3.69. The Morgan fingerprint density at radius 1 is 1.47 bits per heavy atom. The fourth-order valence-electron chi connectivity index (χ4n) is 1.22. The zero-order valence-electron chi connectivity index (χ0n) is 10.2. The third-order valence-corrected chi connectivity index (χ3v) is 3.09. The highest BCUT2D eigenvalue weighted by atomic mass is 127. The first kappa shape index (κ1) is 16.0. The number of hydrogen-bond acceptors (Lipinski definition) is 4. The number of ether oxygens (including phenoxy) is 2. The molecule has 0 aliphatic heterocycles. The first-order valence-corrected chi connectivity index (χ1v) is 6.81. The van der Waals surface area contributed by atoms with Crippen LogP contribution in [0.15, 0.2) is 24.3 Å². The van der Waals surface area contributed by atoms with Crippen LogP contribution in [-0.2, 0) is 9.53 Å². The minimum atomic E-state index is -0.468. The second kappa shape index (κ2) is 7.49. The van der Waals surface area contributed by atoms with E-state index >= 15 is 0 Å². The number of aldehydes is 1. The molecule has 1 rings (SSSR count). The topological polar surface area (TPSA) is 52.6 Å². The van der Waals surface area contributed by atoms with Gasteiger partial charge in [0.05, 0.1) is 9.13 Å². The molecule has 1 aromatic rings. The fourth-order valence-corrected chi connectivity index (χ4v) is 2.43. The van der Waals surface area contributed by atoms with Gasteiger partial charge < -0.3 is 9.47 Å². The number of benzene rings is 1. The van der Waals surface area contributed by atoms with Crippen LogP contribution in [0.5, 0.6) is 5.75 Å². The molecule has 0 N–H and O–H groups in total. The Morgan fingerprint density at radius 2 is 2.16 bits per heavy atom. The van der Waals surface area contributed by atoms with Crippen LogP contribution in [0, 0.1) is 3.57 Å². The molecule has 0 fully saturated rings. The van der Waals surface area contributed by atoms with Gasteiger partial charge in [-0.05, 0) is 41.6 Å².